The second-order valence-electron chi connectivity index (χ2n) is 4.75. The summed E-state index contributed by atoms with van der Waals surface area (Å²) >= 11 is 0. The third-order valence-electron chi connectivity index (χ3n) is 2.62. The fourth-order valence-electron chi connectivity index (χ4n) is 1.65. The van der Waals surface area contributed by atoms with Crippen LogP contribution in [0.2, 0.25) is 0 Å². The third kappa shape index (κ3) is 4.06. The van der Waals surface area contributed by atoms with Crippen LogP contribution in [0.25, 0.3) is 6.08 Å². The van der Waals surface area contributed by atoms with Gasteiger partial charge in [0, 0.05) is 0 Å². The average molecular weight is 271 g/mol. The van der Waals surface area contributed by atoms with Crippen molar-refractivity contribution in [3.63, 3.8) is 0 Å². The van der Waals surface area contributed by atoms with E-state index in [0.29, 0.717) is 11.1 Å². The van der Waals surface area contributed by atoms with E-state index in [1.54, 1.807) is 39.0 Å². The lowest BCUT2D eigenvalue weighted by Crippen LogP contribution is -2.17. The normalized spacial score (nSPS) is 11.1. The van der Waals surface area contributed by atoms with E-state index < -0.39 is 5.97 Å². The zero-order valence-corrected chi connectivity index (χ0v) is 12.1. The molecule has 4 nitrogen and oxygen atoms in total. The molecular weight excluding hydrogens is 254 g/mol. The number of ketones is 1. The van der Waals surface area contributed by atoms with Crippen LogP contribution in [-0.4, -0.2) is 17.9 Å². The number of carbonyl (C=O) groups is 2. The molecule has 1 aromatic carbocycles. The molecule has 0 heterocycles. The summed E-state index contributed by atoms with van der Waals surface area (Å²) in [4.78, 5) is 23.4. The van der Waals surface area contributed by atoms with E-state index in [1.165, 1.54) is 13.0 Å². The van der Waals surface area contributed by atoms with E-state index in [0.717, 1.165) is 5.56 Å². The first-order valence-corrected chi connectivity index (χ1v) is 6.29. The molecule has 0 spiro atoms. The summed E-state index contributed by atoms with van der Waals surface area (Å²) in [6, 6.07) is 7.17. The largest absolute Gasteiger partial charge is 0.459 e. The van der Waals surface area contributed by atoms with Crippen LogP contribution < -0.4 is 0 Å². The van der Waals surface area contributed by atoms with Crippen molar-refractivity contribution >= 4 is 17.8 Å². The Bertz CT molecular complexity index is 607. The van der Waals surface area contributed by atoms with Crippen LogP contribution in [0.15, 0.2) is 23.8 Å². The molecule has 0 radical (unpaired) electrons. The standard InChI is InChI=1S/C16H17NO3/c1-10(2)20-16(19)15(12(4)18)8-13-5-6-14(9-17)11(3)7-13/h5-8,10H,1-4H3. The van der Waals surface area contributed by atoms with Crippen molar-refractivity contribution in [3.8, 4) is 6.07 Å². The van der Waals surface area contributed by atoms with Crippen LogP contribution in [-0.2, 0) is 14.3 Å². The van der Waals surface area contributed by atoms with Gasteiger partial charge in [0.15, 0.2) is 5.78 Å². The molecule has 0 saturated heterocycles. The summed E-state index contributed by atoms with van der Waals surface area (Å²) in [5, 5.41) is 8.87. The SMILES string of the molecule is CC(=O)C(=Cc1ccc(C#N)c(C)c1)C(=O)OC(C)C. The minimum Gasteiger partial charge on any atom is -0.459 e. The summed E-state index contributed by atoms with van der Waals surface area (Å²) < 4.78 is 5.04. The fourth-order valence-corrected chi connectivity index (χ4v) is 1.65. The van der Waals surface area contributed by atoms with Crippen molar-refractivity contribution in [1.82, 2.24) is 0 Å². The molecular formula is C16H17NO3. The first-order chi connectivity index (χ1) is 9.35. The summed E-state index contributed by atoms with van der Waals surface area (Å²) in [6.07, 6.45) is 1.20. The Morgan fingerprint density at radius 2 is 2.00 bits per heavy atom. The van der Waals surface area contributed by atoms with Gasteiger partial charge in [-0.05, 0) is 51.0 Å². The number of rotatable bonds is 4. The van der Waals surface area contributed by atoms with Gasteiger partial charge in [-0.1, -0.05) is 12.1 Å². The maximum absolute atomic E-state index is 11.8. The number of nitriles is 1. The first kappa shape index (κ1) is 15.6. The lowest BCUT2D eigenvalue weighted by molar-refractivity contribution is -0.143. The molecule has 0 aliphatic rings. The van der Waals surface area contributed by atoms with Crippen molar-refractivity contribution in [2.45, 2.75) is 33.8 Å². The monoisotopic (exact) mass is 271 g/mol. The predicted octanol–water partition coefficient (Wildman–Crippen LogP) is 2.79. The molecule has 0 atom stereocenters. The van der Waals surface area contributed by atoms with Crippen LogP contribution in [0, 0.1) is 18.3 Å². The predicted molar refractivity (Wildman–Crippen MR) is 75.8 cm³/mol. The van der Waals surface area contributed by atoms with Crippen LogP contribution in [0.1, 0.15) is 37.5 Å². The molecule has 0 aromatic heterocycles. The summed E-state index contributed by atoms with van der Waals surface area (Å²) in [5.41, 5.74) is 2.05. The van der Waals surface area contributed by atoms with Gasteiger partial charge >= 0.3 is 5.97 Å². The number of benzene rings is 1. The van der Waals surface area contributed by atoms with Crippen molar-refractivity contribution in [3.05, 3.63) is 40.5 Å². The Morgan fingerprint density at radius 3 is 2.45 bits per heavy atom. The highest BCUT2D eigenvalue weighted by Gasteiger charge is 2.17. The number of hydrogen-bond donors (Lipinski definition) is 0. The summed E-state index contributed by atoms with van der Waals surface area (Å²) in [5.74, 6) is -0.979. The zero-order chi connectivity index (χ0) is 15.3. The molecule has 0 aliphatic heterocycles. The second-order valence-corrected chi connectivity index (χ2v) is 4.75. The van der Waals surface area contributed by atoms with Gasteiger partial charge in [0.25, 0.3) is 0 Å². The topological polar surface area (TPSA) is 67.2 Å². The van der Waals surface area contributed by atoms with Gasteiger partial charge in [-0.3, -0.25) is 4.79 Å². The smallest absolute Gasteiger partial charge is 0.342 e. The molecule has 0 aliphatic carbocycles. The van der Waals surface area contributed by atoms with E-state index in [9.17, 15) is 9.59 Å². The maximum Gasteiger partial charge on any atom is 0.342 e. The van der Waals surface area contributed by atoms with Gasteiger partial charge < -0.3 is 4.74 Å². The Labute approximate surface area is 118 Å². The second kappa shape index (κ2) is 6.67. The van der Waals surface area contributed by atoms with E-state index in [2.05, 4.69) is 6.07 Å². The van der Waals surface area contributed by atoms with Crippen LogP contribution in [0.5, 0.6) is 0 Å². The number of ether oxygens (including phenoxy) is 1. The molecule has 20 heavy (non-hydrogen) atoms. The number of esters is 1. The molecule has 1 aromatic rings. The molecule has 104 valence electrons. The van der Waals surface area contributed by atoms with Crippen LogP contribution in [0.4, 0.5) is 0 Å². The van der Waals surface area contributed by atoms with E-state index >= 15 is 0 Å². The van der Waals surface area contributed by atoms with Gasteiger partial charge in [-0.2, -0.15) is 5.26 Å². The van der Waals surface area contributed by atoms with Crippen molar-refractivity contribution in [2.75, 3.05) is 0 Å². The number of carbonyl (C=O) groups excluding carboxylic acids is 2. The summed E-state index contributed by atoms with van der Waals surface area (Å²) in [6.45, 7) is 6.57. The molecule has 0 unspecified atom stereocenters. The van der Waals surface area contributed by atoms with Gasteiger partial charge in [-0.15, -0.1) is 0 Å². The molecule has 0 amide bonds. The highest BCUT2D eigenvalue weighted by atomic mass is 16.5. The Morgan fingerprint density at radius 1 is 1.35 bits per heavy atom. The number of Topliss-reactive ketones (excluding diaryl/α,β-unsaturated/α-hetero) is 1. The highest BCUT2D eigenvalue weighted by Crippen LogP contribution is 2.15. The van der Waals surface area contributed by atoms with Crippen LogP contribution >= 0.6 is 0 Å². The van der Waals surface area contributed by atoms with Gasteiger partial charge in [0.2, 0.25) is 0 Å². The third-order valence-corrected chi connectivity index (χ3v) is 2.62. The maximum atomic E-state index is 11.8. The number of nitrogens with zero attached hydrogens (tertiary/aromatic N) is 1. The lowest BCUT2D eigenvalue weighted by Gasteiger charge is -2.09. The Balaban J connectivity index is 3.15. The minimum atomic E-state index is -0.630. The first-order valence-electron chi connectivity index (χ1n) is 6.29. The lowest BCUT2D eigenvalue weighted by atomic mass is 10.0. The molecule has 0 N–H and O–H groups in total. The average Bonchev–Trinajstić information content (AvgIpc) is 2.34. The zero-order valence-electron chi connectivity index (χ0n) is 12.1. The molecule has 0 saturated carbocycles. The number of hydrogen-bond acceptors (Lipinski definition) is 4. The van der Waals surface area contributed by atoms with Crippen molar-refractivity contribution in [2.24, 2.45) is 0 Å². The van der Waals surface area contributed by atoms with Crippen LogP contribution in [0.3, 0.4) is 0 Å². The quantitative estimate of drug-likeness (QED) is 0.365. The van der Waals surface area contributed by atoms with E-state index in [-0.39, 0.29) is 17.5 Å². The molecule has 4 heteroatoms. The molecule has 0 bridgehead atoms. The van der Waals surface area contributed by atoms with E-state index in [4.69, 9.17) is 10.00 Å². The molecule has 1 rings (SSSR count). The summed E-state index contributed by atoms with van der Waals surface area (Å²) in [7, 11) is 0. The van der Waals surface area contributed by atoms with Crippen molar-refractivity contribution < 1.29 is 14.3 Å². The molecule has 0 fully saturated rings. The Hall–Kier alpha value is -2.41. The minimum absolute atomic E-state index is 0.00260. The van der Waals surface area contributed by atoms with Gasteiger partial charge in [-0.25, -0.2) is 4.79 Å². The fraction of sp³-hybridized carbons (Fsp3) is 0.312. The van der Waals surface area contributed by atoms with Gasteiger partial charge in [0.05, 0.1) is 17.7 Å². The van der Waals surface area contributed by atoms with Gasteiger partial charge in [0.1, 0.15) is 5.57 Å². The van der Waals surface area contributed by atoms with E-state index in [1.807, 2.05) is 0 Å². The number of aryl methyl sites for hydroxylation is 1. The highest BCUT2D eigenvalue weighted by molar-refractivity contribution is 6.19. The Kier molecular flexibility index (Phi) is 5.22. The van der Waals surface area contributed by atoms with Crippen molar-refractivity contribution in [1.29, 1.82) is 5.26 Å².